The molecule has 8 heteroatoms. The SMILES string of the molecule is O=C(O)CC1CCCN1C(=O)[C@H]1OCC[C@H]1NC(=O)OCC1c2ccccc2-c2ccccc21. The first-order chi connectivity index (χ1) is 16.5. The van der Waals surface area contributed by atoms with Gasteiger partial charge >= 0.3 is 12.1 Å². The number of aliphatic carboxylic acids is 1. The number of fused-ring (bicyclic) bond motifs is 3. The van der Waals surface area contributed by atoms with Crippen LogP contribution in [0, 0.1) is 0 Å². The minimum atomic E-state index is -0.926. The van der Waals surface area contributed by atoms with Gasteiger partial charge in [-0.3, -0.25) is 9.59 Å². The molecule has 0 bridgehead atoms. The minimum absolute atomic E-state index is 0.0446. The average Bonchev–Trinajstić information content (AvgIpc) is 3.55. The highest BCUT2D eigenvalue weighted by Crippen LogP contribution is 2.44. The Labute approximate surface area is 197 Å². The van der Waals surface area contributed by atoms with E-state index in [1.54, 1.807) is 4.90 Å². The summed E-state index contributed by atoms with van der Waals surface area (Å²) in [5.74, 6) is -1.23. The third kappa shape index (κ3) is 4.25. The molecule has 2 aliphatic heterocycles. The van der Waals surface area contributed by atoms with Crippen molar-refractivity contribution >= 4 is 18.0 Å². The molecule has 2 saturated heterocycles. The van der Waals surface area contributed by atoms with Gasteiger partial charge in [0.2, 0.25) is 0 Å². The van der Waals surface area contributed by atoms with Crippen molar-refractivity contribution in [2.24, 2.45) is 0 Å². The topological polar surface area (TPSA) is 105 Å². The zero-order chi connectivity index (χ0) is 23.7. The normalized spacial score (nSPS) is 23.4. The number of carboxylic acids is 1. The number of benzene rings is 2. The molecule has 3 aliphatic rings. The number of rotatable bonds is 6. The molecule has 2 heterocycles. The molecule has 5 rings (SSSR count). The van der Waals surface area contributed by atoms with Crippen LogP contribution in [0.1, 0.15) is 42.7 Å². The van der Waals surface area contributed by atoms with E-state index in [2.05, 4.69) is 29.6 Å². The van der Waals surface area contributed by atoms with Crippen LogP contribution >= 0.6 is 0 Å². The lowest BCUT2D eigenvalue weighted by molar-refractivity contribution is -0.145. The number of carboxylic acid groups (broad SMARTS) is 1. The van der Waals surface area contributed by atoms with Crippen molar-refractivity contribution < 1.29 is 29.0 Å². The van der Waals surface area contributed by atoms with Crippen LogP contribution in [0.4, 0.5) is 4.79 Å². The number of alkyl carbamates (subject to hydrolysis) is 1. The van der Waals surface area contributed by atoms with E-state index in [1.165, 1.54) is 0 Å². The Morgan fingerprint density at radius 1 is 1.03 bits per heavy atom. The van der Waals surface area contributed by atoms with Crippen molar-refractivity contribution in [1.82, 2.24) is 10.2 Å². The van der Waals surface area contributed by atoms with Crippen LogP contribution in [0.2, 0.25) is 0 Å². The Morgan fingerprint density at radius 2 is 1.71 bits per heavy atom. The van der Waals surface area contributed by atoms with E-state index in [9.17, 15) is 14.4 Å². The fraction of sp³-hybridized carbons (Fsp3) is 0.423. The fourth-order valence-electron chi connectivity index (χ4n) is 5.48. The van der Waals surface area contributed by atoms with E-state index >= 15 is 0 Å². The van der Waals surface area contributed by atoms with E-state index in [0.717, 1.165) is 28.7 Å². The van der Waals surface area contributed by atoms with Crippen molar-refractivity contribution in [3.8, 4) is 11.1 Å². The summed E-state index contributed by atoms with van der Waals surface area (Å²) >= 11 is 0. The second kappa shape index (κ2) is 9.46. The largest absolute Gasteiger partial charge is 0.481 e. The Balaban J connectivity index is 1.21. The van der Waals surface area contributed by atoms with Gasteiger partial charge in [0.25, 0.3) is 5.91 Å². The van der Waals surface area contributed by atoms with Crippen molar-refractivity contribution in [2.75, 3.05) is 19.8 Å². The highest BCUT2D eigenvalue weighted by atomic mass is 16.6. The predicted molar refractivity (Wildman–Crippen MR) is 123 cm³/mol. The number of likely N-dealkylation sites (tertiary alicyclic amines) is 1. The summed E-state index contributed by atoms with van der Waals surface area (Å²) in [6.07, 6.45) is 0.436. The van der Waals surface area contributed by atoms with Gasteiger partial charge < -0.3 is 24.8 Å². The number of amides is 2. The highest BCUT2D eigenvalue weighted by Gasteiger charge is 2.42. The number of hydrogen-bond donors (Lipinski definition) is 2. The van der Waals surface area contributed by atoms with Gasteiger partial charge in [0.15, 0.2) is 6.10 Å². The highest BCUT2D eigenvalue weighted by molar-refractivity contribution is 5.84. The van der Waals surface area contributed by atoms with Gasteiger partial charge in [-0.15, -0.1) is 0 Å². The Morgan fingerprint density at radius 3 is 2.38 bits per heavy atom. The van der Waals surface area contributed by atoms with Crippen molar-refractivity contribution in [1.29, 1.82) is 0 Å². The summed E-state index contributed by atoms with van der Waals surface area (Å²) in [6.45, 7) is 1.05. The molecular weight excluding hydrogens is 436 g/mol. The molecular formula is C26H28N2O6. The number of ether oxygens (including phenoxy) is 2. The molecule has 2 amide bonds. The fourth-order valence-corrected chi connectivity index (χ4v) is 5.48. The van der Waals surface area contributed by atoms with Crippen LogP contribution < -0.4 is 5.32 Å². The molecule has 178 valence electrons. The lowest BCUT2D eigenvalue weighted by Gasteiger charge is -2.28. The maximum Gasteiger partial charge on any atom is 0.407 e. The van der Waals surface area contributed by atoms with E-state index in [4.69, 9.17) is 14.6 Å². The summed E-state index contributed by atoms with van der Waals surface area (Å²) in [5, 5.41) is 11.9. The first kappa shape index (κ1) is 22.4. The molecule has 0 aromatic heterocycles. The second-order valence-electron chi connectivity index (χ2n) is 9.08. The smallest absolute Gasteiger partial charge is 0.407 e. The minimum Gasteiger partial charge on any atom is -0.481 e. The first-order valence-corrected chi connectivity index (χ1v) is 11.8. The number of carbonyl (C=O) groups is 3. The molecule has 2 fully saturated rings. The zero-order valence-electron chi connectivity index (χ0n) is 18.8. The molecule has 2 N–H and O–H groups in total. The molecule has 1 aliphatic carbocycles. The average molecular weight is 465 g/mol. The lowest BCUT2D eigenvalue weighted by Crippen LogP contribution is -2.51. The summed E-state index contributed by atoms with van der Waals surface area (Å²) in [7, 11) is 0. The molecule has 34 heavy (non-hydrogen) atoms. The van der Waals surface area contributed by atoms with Gasteiger partial charge in [0.1, 0.15) is 6.61 Å². The summed E-state index contributed by atoms with van der Waals surface area (Å²) in [4.78, 5) is 38.5. The number of nitrogens with one attached hydrogen (secondary N) is 1. The third-order valence-electron chi connectivity index (χ3n) is 7.05. The standard InChI is InChI=1S/C26H28N2O6/c29-23(30)14-16-6-5-12-28(16)25(31)24-22(11-13-33-24)27-26(32)34-15-21-19-9-3-1-7-17(19)18-8-2-4-10-20(18)21/h1-4,7-10,16,21-22,24H,5-6,11-15H2,(H,27,32)(H,29,30)/t16?,22-,24+/m1/s1. The van der Waals surface area contributed by atoms with Crippen LogP contribution in [0.15, 0.2) is 48.5 Å². The van der Waals surface area contributed by atoms with Crippen LogP contribution in [-0.4, -0.2) is 65.9 Å². The van der Waals surface area contributed by atoms with Gasteiger partial charge in [-0.05, 0) is 41.5 Å². The maximum absolute atomic E-state index is 13.1. The lowest BCUT2D eigenvalue weighted by atomic mass is 9.98. The maximum atomic E-state index is 13.1. The van der Waals surface area contributed by atoms with Crippen LogP contribution in [-0.2, 0) is 19.1 Å². The van der Waals surface area contributed by atoms with E-state index in [0.29, 0.717) is 26.0 Å². The quantitative estimate of drug-likeness (QED) is 0.681. The Hall–Kier alpha value is -3.39. The second-order valence-corrected chi connectivity index (χ2v) is 9.08. The van der Waals surface area contributed by atoms with Crippen LogP contribution in [0.5, 0.6) is 0 Å². The van der Waals surface area contributed by atoms with Gasteiger partial charge in [0, 0.05) is 25.1 Å². The van der Waals surface area contributed by atoms with Crippen molar-refractivity contribution in [3.63, 3.8) is 0 Å². The van der Waals surface area contributed by atoms with E-state index in [1.807, 2.05) is 24.3 Å². The van der Waals surface area contributed by atoms with Gasteiger partial charge in [-0.2, -0.15) is 0 Å². The number of nitrogens with zero attached hydrogens (tertiary/aromatic N) is 1. The first-order valence-electron chi connectivity index (χ1n) is 11.8. The molecule has 3 atom stereocenters. The van der Waals surface area contributed by atoms with Crippen molar-refractivity contribution in [3.05, 3.63) is 59.7 Å². The molecule has 8 nitrogen and oxygen atoms in total. The molecule has 1 unspecified atom stereocenters. The van der Waals surface area contributed by atoms with Gasteiger partial charge in [-0.25, -0.2) is 4.79 Å². The predicted octanol–water partition coefficient (Wildman–Crippen LogP) is 3.15. The molecule has 2 aromatic rings. The van der Waals surface area contributed by atoms with Crippen LogP contribution in [0.3, 0.4) is 0 Å². The molecule has 0 spiro atoms. The number of carbonyl (C=O) groups excluding carboxylic acids is 2. The monoisotopic (exact) mass is 464 g/mol. The van der Waals surface area contributed by atoms with Gasteiger partial charge in [-0.1, -0.05) is 48.5 Å². The van der Waals surface area contributed by atoms with Crippen molar-refractivity contribution in [2.45, 2.75) is 49.8 Å². The van der Waals surface area contributed by atoms with E-state index < -0.39 is 24.2 Å². The molecule has 0 radical (unpaired) electrons. The molecule has 0 saturated carbocycles. The third-order valence-corrected chi connectivity index (χ3v) is 7.05. The van der Waals surface area contributed by atoms with E-state index in [-0.39, 0.29) is 30.9 Å². The van der Waals surface area contributed by atoms with Gasteiger partial charge in [0.05, 0.1) is 12.5 Å². The summed E-state index contributed by atoms with van der Waals surface area (Å²) < 4.78 is 11.3. The van der Waals surface area contributed by atoms with Crippen LogP contribution in [0.25, 0.3) is 11.1 Å². The Kier molecular flexibility index (Phi) is 6.24. The number of hydrogen-bond acceptors (Lipinski definition) is 5. The Bertz CT molecular complexity index is 1060. The summed E-state index contributed by atoms with van der Waals surface area (Å²) in [6, 6.07) is 15.4. The zero-order valence-corrected chi connectivity index (χ0v) is 18.8. The summed E-state index contributed by atoms with van der Waals surface area (Å²) in [5.41, 5.74) is 4.58. The molecule has 2 aromatic carbocycles.